The van der Waals surface area contributed by atoms with Crippen molar-refractivity contribution in [3.63, 3.8) is 0 Å². The molecule has 2 amide bonds. The van der Waals surface area contributed by atoms with Crippen molar-refractivity contribution in [3.8, 4) is 0 Å². The molecule has 0 bridgehead atoms. The van der Waals surface area contributed by atoms with Gasteiger partial charge in [-0.15, -0.1) is 0 Å². The van der Waals surface area contributed by atoms with Gasteiger partial charge in [0.2, 0.25) is 5.91 Å². The van der Waals surface area contributed by atoms with E-state index < -0.39 is 11.7 Å². The summed E-state index contributed by atoms with van der Waals surface area (Å²) >= 11 is 3.20. The van der Waals surface area contributed by atoms with Crippen LogP contribution in [0.4, 0.5) is 9.18 Å². The molecule has 0 spiro atoms. The van der Waals surface area contributed by atoms with Crippen LogP contribution >= 0.6 is 15.9 Å². The molecule has 1 fully saturated rings. The molecule has 2 heterocycles. The molecule has 5 nitrogen and oxygen atoms in total. The number of carbonyl (C=O) groups is 2. The number of amides is 2. The lowest BCUT2D eigenvalue weighted by atomic mass is 9.90. The number of ether oxygens (including phenoxy) is 1. The highest BCUT2D eigenvalue weighted by molar-refractivity contribution is 9.10. The van der Waals surface area contributed by atoms with E-state index in [2.05, 4.69) is 15.9 Å². The van der Waals surface area contributed by atoms with Crippen molar-refractivity contribution in [2.24, 2.45) is 0 Å². The zero-order valence-corrected chi connectivity index (χ0v) is 15.5. The van der Waals surface area contributed by atoms with E-state index in [-0.39, 0.29) is 24.3 Å². The molecular formula is C17H20BrFN2O3. The summed E-state index contributed by atoms with van der Waals surface area (Å²) in [5.41, 5.74) is 1.14. The van der Waals surface area contributed by atoms with Gasteiger partial charge in [0, 0.05) is 13.1 Å². The molecule has 130 valence electrons. The van der Waals surface area contributed by atoms with Crippen LogP contribution in [0.15, 0.2) is 16.6 Å². The fourth-order valence-corrected chi connectivity index (χ4v) is 3.57. The maximum absolute atomic E-state index is 14.0. The number of hydrogen-bond donors (Lipinski definition) is 0. The van der Waals surface area contributed by atoms with Gasteiger partial charge in [0.25, 0.3) is 0 Å². The molecule has 7 heteroatoms. The van der Waals surface area contributed by atoms with Gasteiger partial charge < -0.3 is 9.64 Å². The minimum atomic E-state index is -0.626. The second-order valence-corrected chi connectivity index (χ2v) is 8.03. The molecule has 0 N–H and O–H groups in total. The van der Waals surface area contributed by atoms with Crippen molar-refractivity contribution in [1.82, 2.24) is 9.80 Å². The van der Waals surface area contributed by atoms with E-state index in [1.54, 1.807) is 31.7 Å². The highest BCUT2D eigenvalue weighted by Gasteiger charge is 2.40. The van der Waals surface area contributed by atoms with E-state index in [1.807, 2.05) is 0 Å². The highest BCUT2D eigenvalue weighted by atomic mass is 79.9. The first-order valence-electron chi connectivity index (χ1n) is 7.91. The molecule has 1 aromatic carbocycles. The molecule has 1 aromatic rings. The van der Waals surface area contributed by atoms with Crippen molar-refractivity contribution in [2.75, 3.05) is 19.6 Å². The van der Waals surface area contributed by atoms with Crippen LogP contribution in [0.3, 0.4) is 0 Å². The average molecular weight is 399 g/mol. The minimum Gasteiger partial charge on any atom is -0.444 e. The number of rotatable bonds is 0. The summed E-state index contributed by atoms with van der Waals surface area (Å²) in [5, 5.41) is 0. The lowest BCUT2D eigenvalue weighted by Gasteiger charge is -2.44. The van der Waals surface area contributed by atoms with Gasteiger partial charge in [-0.1, -0.05) is 0 Å². The molecule has 2 aliphatic rings. The third-order valence-electron chi connectivity index (χ3n) is 4.23. The predicted molar refractivity (Wildman–Crippen MR) is 90.1 cm³/mol. The van der Waals surface area contributed by atoms with Crippen LogP contribution in [0.25, 0.3) is 0 Å². The maximum atomic E-state index is 14.0. The first-order chi connectivity index (χ1) is 11.2. The number of piperazine rings is 1. The third kappa shape index (κ3) is 3.27. The quantitative estimate of drug-likeness (QED) is 0.673. The summed E-state index contributed by atoms with van der Waals surface area (Å²) in [7, 11) is 0. The Kier molecular flexibility index (Phi) is 4.32. The molecule has 24 heavy (non-hydrogen) atoms. The van der Waals surface area contributed by atoms with Gasteiger partial charge in [-0.05, 0) is 66.4 Å². The summed E-state index contributed by atoms with van der Waals surface area (Å²) in [6.07, 6.45) is 0.170. The van der Waals surface area contributed by atoms with Crippen LogP contribution in [-0.2, 0) is 16.0 Å². The van der Waals surface area contributed by atoms with Gasteiger partial charge in [0.1, 0.15) is 18.0 Å². The Bertz CT molecular complexity index is 702. The van der Waals surface area contributed by atoms with E-state index in [0.29, 0.717) is 24.0 Å². The van der Waals surface area contributed by atoms with Crippen molar-refractivity contribution >= 4 is 27.9 Å². The van der Waals surface area contributed by atoms with E-state index in [0.717, 1.165) is 11.1 Å². The number of nitrogens with zero attached hydrogens (tertiary/aromatic N) is 2. The third-order valence-corrected chi connectivity index (χ3v) is 4.84. The largest absolute Gasteiger partial charge is 0.444 e. The van der Waals surface area contributed by atoms with E-state index in [9.17, 15) is 14.0 Å². The SMILES string of the molecule is CC(C)(C)OC(=O)N1CC(=O)N2CCc3cc(Br)c(F)cc3C2C1. The van der Waals surface area contributed by atoms with Gasteiger partial charge >= 0.3 is 6.09 Å². The molecular weight excluding hydrogens is 379 g/mol. The van der Waals surface area contributed by atoms with Crippen LogP contribution < -0.4 is 0 Å². The Morgan fingerprint density at radius 3 is 2.75 bits per heavy atom. The molecule has 0 radical (unpaired) electrons. The maximum Gasteiger partial charge on any atom is 0.410 e. The first-order valence-corrected chi connectivity index (χ1v) is 8.70. The van der Waals surface area contributed by atoms with Gasteiger partial charge in [-0.3, -0.25) is 9.69 Å². The number of halogens is 2. The van der Waals surface area contributed by atoms with Gasteiger partial charge in [-0.2, -0.15) is 0 Å². The topological polar surface area (TPSA) is 49.9 Å². The molecule has 0 saturated carbocycles. The molecule has 2 aliphatic heterocycles. The lowest BCUT2D eigenvalue weighted by Crippen LogP contribution is -2.56. The van der Waals surface area contributed by atoms with Gasteiger partial charge in [0.15, 0.2) is 0 Å². The van der Waals surface area contributed by atoms with E-state index in [4.69, 9.17) is 4.74 Å². The standard InChI is InChI=1S/C17H20BrFN2O3/c1-17(2,3)24-16(23)20-8-14-11-7-13(19)12(18)6-10(11)4-5-21(14)15(22)9-20/h6-7,14H,4-5,8-9H2,1-3H3. The van der Waals surface area contributed by atoms with Crippen LogP contribution in [0.1, 0.15) is 37.9 Å². The van der Waals surface area contributed by atoms with E-state index in [1.165, 1.54) is 11.0 Å². The Hall–Kier alpha value is -1.63. The van der Waals surface area contributed by atoms with Crippen molar-refractivity contribution < 1.29 is 18.7 Å². The van der Waals surface area contributed by atoms with Crippen LogP contribution in [0.5, 0.6) is 0 Å². The van der Waals surface area contributed by atoms with Gasteiger partial charge in [0.05, 0.1) is 10.5 Å². The van der Waals surface area contributed by atoms with Crippen LogP contribution in [0, 0.1) is 5.82 Å². The number of benzene rings is 1. The zero-order chi connectivity index (χ0) is 17.6. The summed E-state index contributed by atoms with van der Waals surface area (Å²) in [6, 6.07) is 2.89. The molecule has 1 saturated heterocycles. The van der Waals surface area contributed by atoms with Crippen molar-refractivity contribution in [2.45, 2.75) is 38.8 Å². The van der Waals surface area contributed by atoms with Crippen molar-refractivity contribution in [3.05, 3.63) is 33.5 Å². The highest BCUT2D eigenvalue weighted by Crippen LogP contribution is 2.35. The molecule has 1 unspecified atom stereocenters. The predicted octanol–water partition coefficient (Wildman–Crippen LogP) is 3.26. The van der Waals surface area contributed by atoms with Crippen molar-refractivity contribution in [1.29, 1.82) is 0 Å². The molecule has 1 atom stereocenters. The zero-order valence-electron chi connectivity index (χ0n) is 13.9. The van der Waals surface area contributed by atoms with E-state index >= 15 is 0 Å². The number of hydrogen-bond acceptors (Lipinski definition) is 3. The summed E-state index contributed by atoms with van der Waals surface area (Å²) in [6.45, 7) is 6.24. The molecule has 0 aliphatic carbocycles. The summed E-state index contributed by atoms with van der Waals surface area (Å²) in [5.74, 6) is -0.497. The summed E-state index contributed by atoms with van der Waals surface area (Å²) in [4.78, 5) is 27.9. The van der Waals surface area contributed by atoms with Crippen LogP contribution in [-0.4, -0.2) is 47.0 Å². The summed E-state index contributed by atoms with van der Waals surface area (Å²) < 4.78 is 19.8. The lowest BCUT2D eigenvalue weighted by molar-refractivity contribution is -0.140. The second-order valence-electron chi connectivity index (χ2n) is 7.18. The molecule has 3 rings (SSSR count). The smallest absolute Gasteiger partial charge is 0.410 e. The Balaban J connectivity index is 1.89. The first kappa shape index (κ1) is 17.2. The number of carbonyl (C=O) groups excluding carboxylic acids is 2. The van der Waals surface area contributed by atoms with Gasteiger partial charge in [-0.25, -0.2) is 9.18 Å². The Morgan fingerprint density at radius 2 is 2.08 bits per heavy atom. The Morgan fingerprint density at radius 1 is 1.38 bits per heavy atom. The molecule has 0 aromatic heterocycles. The fraction of sp³-hybridized carbons (Fsp3) is 0.529. The average Bonchev–Trinajstić information content (AvgIpc) is 2.46. The second kappa shape index (κ2) is 6.02. The monoisotopic (exact) mass is 398 g/mol. The Labute approximate surface area is 148 Å². The number of fused-ring (bicyclic) bond motifs is 3. The minimum absolute atomic E-state index is 0.000241. The van der Waals surface area contributed by atoms with Crippen LogP contribution in [0.2, 0.25) is 0 Å². The fourth-order valence-electron chi connectivity index (χ4n) is 3.18. The normalized spacial score (nSPS) is 20.5.